The molecule has 0 fully saturated rings. The van der Waals surface area contributed by atoms with Gasteiger partial charge in [0.05, 0.1) is 0 Å². The van der Waals surface area contributed by atoms with Crippen molar-refractivity contribution in [1.29, 1.82) is 0 Å². The van der Waals surface area contributed by atoms with E-state index in [2.05, 4.69) is 0 Å². The molecule has 0 heterocycles. The zero-order valence-electron chi connectivity index (χ0n) is 7.47. The van der Waals surface area contributed by atoms with Gasteiger partial charge in [-0.05, 0) is 0 Å². The first kappa shape index (κ1) is 13.2. The van der Waals surface area contributed by atoms with Gasteiger partial charge in [-0.2, -0.15) is 0 Å². The minimum atomic E-state index is -3.42. The molecule has 5 nitrogen and oxygen atoms in total. The molecule has 0 spiro atoms. The number of hydrogen-bond acceptors (Lipinski definition) is 4. The molecular formula is C9H7MnO5. The normalized spacial score (nSPS) is 12.4. The van der Waals surface area contributed by atoms with Crippen LogP contribution in [0, 0.1) is 0 Å². The molecule has 0 atom stereocenters. The summed E-state index contributed by atoms with van der Waals surface area (Å²) in [5, 5.41) is 6.89. The van der Waals surface area contributed by atoms with Crippen molar-refractivity contribution in [2.24, 2.45) is 0 Å². The summed E-state index contributed by atoms with van der Waals surface area (Å²) in [6.45, 7) is -0.250. The second-order valence-electron chi connectivity index (χ2n) is 2.15. The minimum absolute atomic E-state index is 0.250. The Bertz CT molecular complexity index is 503. The van der Waals surface area contributed by atoms with E-state index in [0.717, 1.165) is 0 Å². The van der Waals surface area contributed by atoms with Gasteiger partial charge in [0.15, 0.2) is 0 Å². The standard InChI is InChI=1S/C5H5.CH2O2.3CO.Mn/c1-2-4-5-3-1;2-1-3;3*1-2;/h1-3H,4H2;1H,(H,2,3);;;;. The third kappa shape index (κ3) is 3.12. The van der Waals surface area contributed by atoms with Crippen LogP contribution in [0.4, 0.5) is 0 Å². The molecule has 6 heteroatoms. The van der Waals surface area contributed by atoms with Crippen molar-refractivity contribution >= 4 is 20.8 Å². The molecule has 0 saturated heterocycles. The Balaban J connectivity index is 0.000000583. The topological polar surface area (TPSA) is 88.5 Å². The molecular weight excluding hydrogens is 243 g/mol. The van der Waals surface area contributed by atoms with Gasteiger partial charge in [-0.25, -0.2) is 0 Å². The summed E-state index contributed by atoms with van der Waals surface area (Å²) >= 11 is -3.42. The van der Waals surface area contributed by atoms with Gasteiger partial charge in [0.25, 0.3) is 6.47 Å². The summed E-state index contributed by atoms with van der Waals surface area (Å²) in [4.78, 5) is 44.1. The number of carboxylic acid groups (broad SMARTS) is 1. The Hall–Kier alpha value is -1.79. The predicted molar refractivity (Wildman–Crippen MR) is 47.6 cm³/mol. The van der Waals surface area contributed by atoms with E-state index in [-0.39, 0.29) is 6.47 Å². The number of carbonyl (C=O) groups is 1. The van der Waals surface area contributed by atoms with Gasteiger partial charge in [0, 0.05) is 0 Å². The average Bonchev–Trinajstić information content (AvgIpc) is 2.77. The van der Waals surface area contributed by atoms with Gasteiger partial charge in [0.1, 0.15) is 0 Å². The van der Waals surface area contributed by atoms with Crippen LogP contribution in [0.15, 0.2) is 22.7 Å². The van der Waals surface area contributed by atoms with Crippen LogP contribution in [0.2, 0.25) is 0 Å². The Morgan fingerprint density at radius 3 is 2.00 bits per heavy atom. The monoisotopic (exact) mass is 250 g/mol. The first-order valence-corrected chi connectivity index (χ1v) is 5.94. The summed E-state index contributed by atoms with van der Waals surface area (Å²) in [5.74, 6) is 0. The van der Waals surface area contributed by atoms with Crippen LogP contribution in [-0.4, -0.2) is 25.9 Å². The summed E-state index contributed by atoms with van der Waals surface area (Å²) in [6.07, 6.45) is 5.52. The molecule has 0 aromatic rings. The van der Waals surface area contributed by atoms with Crippen LogP contribution in [0.25, 0.3) is 0 Å². The summed E-state index contributed by atoms with van der Waals surface area (Å²) < 4.78 is 0.518. The van der Waals surface area contributed by atoms with E-state index in [1.165, 1.54) is 14.4 Å². The van der Waals surface area contributed by atoms with E-state index in [1.54, 1.807) is 18.2 Å². The van der Waals surface area contributed by atoms with Crippen LogP contribution in [0.5, 0.6) is 0 Å². The molecule has 0 amide bonds. The first-order valence-electron chi connectivity index (χ1n) is 3.58. The first-order chi connectivity index (χ1) is 7.20. The number of hydrogen-bond donors (Lipinski definition) is 1. The van der Waals surface area contributed by atoms with Crippen molar-refractivity contribution in [3.8, 4) is 0 Å². The number of rotatable bonds is 1. The van der Waals surface area contributed by atoms with Crippen LogP contribution in [0.1, 0.15) is 6.42 Å². The molecule has 0 unspecified atom stereocenters. The van der Waals surface area contributed by atoms with E-state index >= 15 is 0 Å². The van der Waals surface area contributed by atoms with E-state index in [1.807, 2.05) is 0 Å². The second-order valence-corrected chi connectivity index (χ2v) is 5.40. The molecule has 0 aromatic carbocycles. The van der Waals surface area contributed by atoms with Gasteiger partial charge in [-0.15, -0.1) is 0 Å². The summed E-state index contributed by atoms with van der Waals surface area (Å²) in [5.41, 5.74) is 0. The second kappa shape index (κ2) is 6.63. The molecule has 0 radical (unpaired) electrons. The maximum absolute atomic E-state index is 10.4. The van der Waals surface area contributed by atoms with Gasteiger partial charge in [-0.3, -0.25) is 4.79 Å². The van der Waals surface area contributed by atoms with Crippen molar-refractivity contribution in [2.45, 2.75) is 6.42 Å². The Morgan fingerprint density at radius 1 is 1.27 bits per heavy atom. The molecule has 0 aromatic heterocycles. The molecule has 15 heavy (non-hydrogen) atoms. The number of carbonyl (C=O) groups excluding carboxylic acids is 3. The SMILES string of the molecule is O=CO.O=[C]=[Mn](=[C]=O)(=[C]=O)[C]1=CC=CC1. The van der Waals surface area contributed by atoms with Gasteiger partial charge in [-0.1, -0.05) is 0 Å². The van der Waals surface area contributed by atoms with Gasteiger partial charge >= 0.3 is 69.4 Å². The third-order valence-corrected chi connectivity index (χ3v) is 4.10. The van der Waals surface area contributed by atoms with E-state index in [4.69, 9.17) is 9.90 Å². The van der Waals surface area contributed by atoms with E-state index in [0.29, 0.717) is 10.9 Å². The van der Waals surface area contributed by atoms with Crippen molar-refractivity contribution in [3.63, 3.8) is 0 Å². The zero-order chi connectivity index (χ0) is 11.7. The van der Waals surface area contributed by atoms with Crippen molar-refractivity contribution in [2.75, 3.05) is 0 Å². The van der Waals surface area contributed by atoms with Crippen LogP contribution in [-0.2, 0) is 30.7 Å². The van der Waals surface area contributed by atoms with Crippen LogP contribution in [0.3, 0.4) is 0 Å². The average molecular weight is 250 g/mol. The quantitative estimate of drug-likeness (QED) is 0.518. The summed E-state index contributed by atoms with van der Waals surface area (Å²) in [6, 6.07) is 0. The molecule has 1 rings (SSSR count). The zero-order valence-corrected chi connectivity index (χ0v) is 8.66. The maximum atomic E-state index is 10.4. The van der Waals surface area contributed by atoms with Crippen molar-refractivity contribution in [3.05, 3.63) is 22.7 Å². The molecule has 1 N–H and O–H groups in total. The van der Waals surface area contributed by atoms with E-state index in [9.17, 15) is 14.4 Å². The predicted octanol–water partition coefficient (Wildman–Crippen LogP) is -0.113. The van der Waals surface area contributed by atoms with Crippen LogP contribution < -0.4 is 0 Å². The fraction of sp³-hybridized carbons (Fsp3) is 0.111. The molecule has 0 bridgehead atoms. The number of allylic oxidation sites excluding steroid dienone is 4. The molecule has 0 saturated carbocycles. The Morgan fingerprint density at radius 2 is 1.73 bits per heavy atom. The molecule has 0 aliphatic heterocycles. The Labute approximate surface area is 86.2 Å². The molecule has 80 valence electrons. The van der Waals surface area contributed by atoms with Gasteiger partial charge in [0.2, 0.25) is 0 Å². The van der Waals surface area contributed by atoms with Crippen molar-refractivity contribution in [1.82, 2.24) is 0 Å². The third-order valence-electron chi connectivity index (χ3n) is 1.44. The Kier molecular flexibility index (Phi) is 5.84. The molecule has 1 aliphatic carbocycles. The molecule has 1 aliphatic rings. The van der Waals surface area contributed by atoms with Gasteiger partial charge < -0.3 is 5.11 Å². The van der Waals surface area contributed by atoms with Crippen LogP contribution >= 0.6 is 0 Å². The fourth-order valence-electron chi connectivity index (χ4n) is 0.827. The van der Waals surface area contributed by atoms with E-state index < -0.39 is 11.5 Å². The van der Waals surface area contributed by atoms with Crippen molar-refractivity contribution < 1.29 is 35.8 Å². The fourth-order valence-corrected chi connectivity index (χ4v) is 2.35. The summed E-state index contributed by atoms with van der Waals surface area (Å²) in [7, 11) is 0.